The summed E-state index contributed by atoms with van der Waals surface area (Å²) in [5, 5.41) is 0. The van der Waals surface area contributed by atoms with Crippen molar-refractivity contribution in [1.82, 2.24) is 0 Å². The standard InChI is InChI=1S/C24H17F7O3/c1-12-10-32-23(33-11-12)14-6-17(25)21(18(26)7-14)13-2-4-15(5-3-13)24(30,31)34-16-8-19(27)22(29)20(28)9-16/h2-9,12,23H,10-11H2,1H3. The van der Waals surface area contributed by atoms with E-state index < -0.39 is 58.4 Å². The van der Waals surface area contributed by atoms with Crippen LogP contribution in [0.5, 0.6) is 5.75 Å². The van der Waals surface area contributed by atoms with E-state index in [-0.39, 0.29) is 29.2 Å². The lowest BCUT2D eigenvalue weighted by atomic mass is 10.00. The van der Waals surface area contributed by atoms with Gasteiger partial charge in [0.1, 0.15) is 17.4 Å². The highest BCUT2D eigenvalue weighted by molar-refractivity contribution is 5.65. The average molecular weight is 486 g/mol. The zero-order chi connectivity index (χ0) is 24.6. The van der Waals surface area contributed by atoms with E-state index in [1.54, 1.807) is 0 Å². The van der Waals surface area contributed by atoms with Gasteiger partial charge in [-0.1, -0.05) is 19.1 Å². The first-order valence-corrected chi connectivity index (χ1v) is 10.1. The van der Waals surface area contributed by atoms with E-state index in [1.807, 2.05) is 6.92 Å². The van der Waals surface area contributed by atoms with Crippen LogP contribution in [-0.4, -0.2) is 13.2 Å². The quantitative estimate of drug-likeness (QED) is 0.291. The van der Waals surface area contributed by atoms with Crippen LogP contribution in [0.25, 0.3) is 11.1 Å². The van der Waals surface area contributed by atoms with Crippen LogP contribution in [0.2, 0.25) is 0 Å². The van der Waals surface area contributed by atoms with Crippen molar-refractivity contribution in [2.24, 2.45) is 5.92 Å². The minimum absolute atomic E-state index is 0.0425. The third kappa shape index (κ3) is 4.88. The van der Waals surface area contributed by atoms with Gasteiger partial charge in [0.2, 0.25) is 0 Å². The second-order valence-electron chi connectivity index (χ2n) is 7.86. The Bertz CT molecular complexity index is 1140. The van der Waals surface area contributed by atoms with Crippen LogP contribution in [0.4, 0.5) is 30.7 Å². The summed E-state index contributed by atoms with van der Waals surface area (Å²) in [7, 11) is 0. The molecule has 0 spiro atoms. The van der Waals surface area contributed by atoms with Crippen molar-refractivity contribution in [1.29, 1.82) is 0 Å². The summed E-state index contributed by atoms with van der Waals surface area (Å²) in [4.78, 5) is 0. The second-order valence-corrected chi connectivity index (χ2v) is 7.86. The summed E-state index contributed by atoms with van der Waals surface area (Å²) in [6.45, 7) is 2.63. The maximum atomic E-state index is 14.7. The summed E-state index contributed by atoms with van der Waals surface area (Å²) in [6.07, 6.45) is -5.00. The molecule has 0 atom stereocenters. The van der Waals surface area contributed by atoms with Gasteiger partial charge >= 0.3 is 6.11 Å². The molecule has 3 aromatic carbocycles. The molecule has 0 N–H and O–H groups in total. The molecule has 4 rings (SSSR count). The van der Waals surface area contributed by atoms with Crippen LogP contribution < -0.4 is 4.74 Å². The van der Waals surface area contributed by atoms with Gasteiger partial charge < -0.3 is 14.2 Å². The predicted molar refractivity (Wildman–Crippen MR) is 106 cm³/mol. The Hall–Kier alpha value is -3.11. The highest BCUT2D eigenvalue weighted by Gasteiger charge is 2.35. The van der Waals surface area contributed by atoms with Gasteiger partial charge in [0.05, 0.1) is 24.3 Å². The molecule has 10 heteroatoms. The minimum atomic E-state index is -4.08. The summed E-state index contributed by atoms with van der Waals surface area (Å²) in [6, 6.07) is 6.38. The maximum Gasteiger partial charge on any atom is 0.426 e. The van der Waals surface area contributed by atoms with Gasteiger partial charge in [-0.2, -0.15) is 8.78 Å². The Morgan fingerprint density at radius 3 is 1.85 bits per heavy atom. The summed E-state index contributed by atoms with van der Waals surface area (Å²) in [5.41, 5.74) is -1.12. The van der Waals surface area contributed by atoms with Crippen molar-refractivity contribution in [3.05, 3.63) is 88.7 Å². The molecule has 0 bridgehead atoms. The topological polar surface area (TPSA) is 27.7 Å². The van der Waals surface area contributed by atoms with Crippen molar-refractivity contribution >= 4 is 0 Å². The first-order valence-electron chi connectivity index (χ1n) is 10.1. The molecule has 0 radical (unpaired) electrons. The Labute approximate surface area is 189 Å². The molecule has 0 amide bonds. The highest BCUT2D eigenvalue weighted by atomic mass is 19.3. The van der Waals surface area contributed by atoms with Gasteiger partial charge in [0, 0.05) is 23.6 Å². The van der Waals surface area contributed by atoms with Gasteiger partial charge in [-0.3, -0.25) is 0 Å². The van der Waals surface area contributed by atoms with Gasteiger partial charge in [-0.05, 0) is 29.8 Å². The first-order chi connectivity index (χ1) is 16.0. The number of alkyl halides is 2. The Morgan fingerprint density at radius 1 is 0.794 bits per heavy atom. The molecule has 0 unspecified atom stereocenters. The zero-order valence-electron chi connectivity index (χ0n) is 17.6. The van der Waals surface area contributed by atoms with Crippen molar-refractivity contribution in [2.75, 3.05) is 13.2 Å². The van der Waals surface area contributed by atoms with Crippen LogP contribution in [0.15, 0.2) is 48.5 Å². The zero-order valence-corrected chi connectivity index (χ0v) is 17.6. The molecule has 180 valence electrons. The summed E-state index contributed by atoms with van der Waals surface area (Å²) in [5.74, 6) is -7.93. The number of rotatable bonds is 5. The molecular formula is C24H17F7O3. The number of hydrogen-bond donors (Lipinski definition) is 0. The maximum absolute atomic E-state index is 14.7. The Balaban J connectivity index is 1.56. The normalized spacial score (nSPS) is 18.7. The molecule has 1 saturated heterocycles. The summed E-state index contributed by atoms with van der Waals surface area (Å²) >= 11 is 0. The molecule has 1 heterocycles. The van der Waals surface area contributed by atoms with Crippen LogP contribution in [0, 0.1) is 35.0 Å². The monoisotopic (exact) mass is 486 g/mol. The molecule has 0 saturated carbocycles. The van der Waals surface area contributed by atoms with Crippen LogP contribution in [0.1, 0.15) is 24.3 Å². The Morgan fingerprint density at radius 2 is 1.32 bits per heavy atom. The summed E-state index contributed by atoms with van der Waals surface area (Å²) < 4.78 is 113. The highest BCUT2D eigenvalue weighted by Crippen LogP contribution is 2.36. The lowest BCUT2D eigenvalue weighted by molar-refractivity contribution is -0.202. The van der Waals surface area contributed by atoms with E-state index >= 15 is 0 Å². The predicted octanol–water partition coefficient (Wildman–Crippen LogP) is 6.86. The van der Waals surface area contributed by atoms with E-state index in [0.717, 1.165) is 36.4 Å². The van der Waals surface area contributed by atoms with Crippen LogP contribution in [-0.2, 0) is 15.6 Å². The molecule has 1 fully saturated rings. The van der Waals surface area contributed by atoms with Crippen LogP contribution in [0.3, 0.4) is 0 Å². The molecule has 1 aliphatic heterocycles. The molecule has 3 aromatic rings. The van der Waals surface area contributed by atoms with Crippen molar-refractivity contribution in [3.63, 3.8) is 0 Å². The van der Waals surface area contributed by atoms with Crippen molar-refractivity contribution in [3.8, 4) is 16.9 Å². The minimum Gasteiger partial charge on any atom is -0.429 e. The molecule has 0 aliphatic carbocycles. The largest absolute Gasteiger partial charge is 0.429 e. The molecule has 1 aliphatic rings. The fourth-order valence-electron chi connectivity index (χ4n) is 3.43. The van der Waals surface area contributed by atoms with E-state index in [4.69, 9.17) is 9.47 Å². The number of ether oxygens (including phenoxy) is 3. The second kappa shape index (κ2) is 9.27. The number of benzene rings is 3. The SMILES string of the molecule is CC1COC(c2cc(F)c(-c3ccc(C(F)(F)Oc4cc(F)c(F)c(F)c4)cc3)c(F)c2)OC1. The smallest absolute Gasteiger partial charge is 0.426 e. The average Bonchev–Trinajstić information content (AvgIpc) is 2.77. The third-order valence-corrected chi connectivity index (χ3v) is 5.11. The third-order valence-electron chi connectivity index (χ3n) is 5.11. The Kier molecular flexibility index (Phi) is 6.55. The van der Waals surface area contributed by atoms with Gasteiger partial charge in [-0.25, -0.2) is 22.0 Å². The lowest BCUT2D eigenvalue weighted by Crippen LogP contribution is -2.25. The number of hydrogen-bond acceptors (Lipinski definition) is 3. The molecule has 34 heavy (non-hydrogen) atoms. The van der Waals surface area contributed by atoms with Crippen molar-refractivity contribution < 1.29 is 44.9 Å². The fraction of sp³-hybridized carbons (Fsp3) is 0.250. The van der Waals surface area contributed by atoms with Crippen LogP contribution >= 0.6 is 0 Å². The van der Waals surface area contributed by atoms with E-state index in [9.17, 15) is 30.7 Å². The molecule has 3 nitrogen and oxygen atoms in total. The van der Waals surface area contributed by atoms with Gasteiger partial charge in [0.25, 0.3) is 0 Å². The van der Waals surface area contributed by atoms with Gasteiger partial charge in [0.15, 0.2) is 23.7 Å². The lowest BCUT2D eigenvalue weighted by Gasteiger charge is -2.27. The number of halogens is 7. The molecular weight excluding hydrogens is 469 g/mol. The van der Waals surface area contributed by atoms with Gasteiger partial charge in [-0.15, -0.1) is 0 Å². The van der Waals surface area contributed by atoms with E-state index in [0.29, 0.717) is 13.2 Å². The fourth-order valence-corrected chi connectivity index (χ4v) is 3.43. The first kappa shape index (κ1) is 24.0. The van der Waals surface area contributed by atoms with E-state index in [2.05, 4.69) is 4.74 Å². The van der Waals surface area contributed by atoms with Crippen molar-refractivity contribution in [2.45, 2.75) is 19.3 Å². The molecule has 0 aromatic heterocycles. The van der Waals surface area contributed by atoms with E-state index in [1.165, 1.54) is 0 Å².